The van der Waals surface area contributed by atoms with Crippen molar-refractivity contribution in [3.63, 3.8) is 0 Å². The van der Waals surface area contributed by atoms with E-state index in [0.717, 1.165) is 18.5 Å². The van der Waals surface area contributed by atoms with Crippen LogP contribution in [0.2, 0.25) is 0 Å². The standard InChI is InChI=1S/C15H25N3O2S/c1-12(2)21(19,20)18-8-6-15(13(3)11-18)17-10-14-5-4-7-16-9-14/h4-5,7,9,12-13,15,17H,6,8,10-11H2,1-3H3/t13-,15+/m0/s1. The van der Waals surface area contributed by atoms with E-state index in [1.165, 1.54) is 0 Å². The molecule has 0 radical (unpaired) electrons. The fourth-order valence-corrected chi connectivity index (χ4v) is 4.09. The molecule has 2 rings (SSSR count). The zero-order valence-electron chi connectivity index (χ0n) is 13.0. The fourth-order valence-electron chi connectivity index (χ4n) is 2.69. The molecule has 0 amide bonds. The van der Waals surface area contributed by atoms with Gasteiger partial charge >= 0.3 is 0 Å². The van der Waals surface area contributed by atoms with Gasteiger partial charge in [0, 0.05) is 38.1 Å². The van der Waals surface area contributed by atoms with E-state index in [9.17, 15) is 8.42 Å². The summed E-state index contributed by atoms with van der Waals surface area (Å²) in [4.78, 5) is 4.10. The highest BCUT2D eigenvalue weighted by Crippen LogP contribution is 2.21. The lowest BCUT2D eigenvalue weighted by molar-refractivity contribution is 0.218. The summed E-state index contributed by atoms with van der Waals surface area (Å²) in [6, 6.07) is 4.32. The summed E-state index contributed by atoms with van der Waals surface area (Å²) in [5, 5.41) is 3.18. The Morgan fingerprint density at radius 2 is 2.24 bits per heavy atom. The molecule has 0 unspecified atom stereocenters. The van der Waals surface area contributed by atoms with Gasteiger partial charge in [-0.15, -0.1) is 0 Å². The lowest BCUT2D eigenvalue weighted by Gasteiger charge is -2.37. The minimum Gasteiger partial charge on any atom is -0.310 e. The number of rotatable bonds is 5. The largest absolute Gasteiger partial charge is 0.310 e. The lowest BCUT2D eigenvalue weighted by atomic mass is 9.95. The van der Waals surface area contributed by atoms with Crippen LogP contribution >= 0.6 is 0 Å². The average molecular weight is 311 g/mol. The van der Waals surface area contributed by atoms with Crippen molar-refractivity contribution in [3.05, 3.63) is 30.1 Å². The van der Waals surface area contributed by atoms with Crippen LogP contribution in [0.4, 0.5) is 0 Å². The number of nitrogens with zero attached hydrogens (tertiary/aromatic N) is 2. The van der Waals surface area contributed by atoms with Crippen LogP contribution in [0.5, 0.6) is 0 Å². The number of nitrogens with one attached hydrogen (secondary N) is 1. The molecule has 0 bridgehead atoms. The fraction of sp³-hybridized carbons (Fsp3) is 0.667. The number of pyridine rings is 1. The highest BCUT2D eigenvalue weighted by molar-refractivity contribution is 7.89. The normalized spacial score (nSPS) is 24.4. The molecule has 0 spiro atoms. The van der Waals surface area contributed by atoms with Crippen LogP contribution in [0.1, 0.15) is 32.8 Å². The maximum absolute atomic E-state index is 12.2. The van der Waals surface area contributed by atoms with Gasteiger partial charge in [-0.25, -0.2) is 12.7 Å². The molecule has 5 nitrogen and oxygen atoms in total. The maximum Gasteiger partial charge on any atom is 0.216 e. The first-order chi connectivity index (χ1) is 9.91. The second-order valence-corrected chi connectivity index (χ2v) is 8.56. The first kappa shape index (κ1) is 16.4. The van der Waals surface area contributed by atoms with Crippen molar-refractivity contribution in [2.45, 2.75) is 45.0 Å². The van der Waals surface area contributed by atoms with E-state index in [2.05, 4.69) is 17.2 Å². The molecular formula is C15H25N3O2S. The topological polar surface area (TPSA) is 62.3 Å². The van der Waals surface area contributed by atoms with Crippen LogP contribution in [-0.4, -0.2) is 42.1 Å². The number of hydrogen-bond acceptors (Lipinski definition) is 4. The molecule has 2 heterocycles. The number of piperidine rings is 1. The smallest absolute Gasteiger partial charge is 0.216 e. The van der Waals surface area contributed by atoms with Crippen molar-refractivity contribution in [1.82, 2.24) is 14.6 Å². The van der Waals surface area contributed by atoms with Crippen molar-refractivity contribution in [2.24, 2.45) is 5.92 Å². The summed E-state index contributed by atoms with van der Waals surface area (Å²) < 4.78 is 26.1. The van der Waals surface area contributed by atoms with Gasteiger partial charge in [0.05, 0.1) is 5.25 Å². The Hall–Kier alpha value is -0.980. The van der Waals surface area contributed by atoms with Gasteiger partial charge in [0.1, 0.15) is 0 Å². The van der Waals surface area contributed by atoms with Crippen LogP contribution in [0, 0.1) is 5.92 Å². The van der Waals surface area contributed by atoms with E-state index >= 15 is 0 Å². The lowest BCUT2D eigenvalue weighted by Crippen LogP contribution is -2.51. The van der Waals surface area contributed by atoms with E-state index < -0.39 is 10.0 Å². The van der Waals surface area contributed by atoms with Crippen molar-refractivity contribution in [3.8, 4) is 0 Å². The summed E-state index contributed by atoms with van der Waals surface area (Å²) in [5.74, 6) is 0.309. The predicted molar refractivity (Wildman–Crippen MR) is 84.3 cm³/mol. The summed E-state index contributed by atoms with van der Waals surface area (Å²) in [6.07, 6.45) is 4.48. The number of sulfonamides is 1. The quantitative estimate of drug-likeness (QED) is 0.897. The molecule has 21 heavy (non-hydrogen) atoms. The van der Waals surface area contributed by atoms with Crippen LogP contribution < -0.4 is 5.32 Å². The first-order valence-electron chi connectivity index (χ1n) is 7.52. The summed E-state index contributed by atoms with van der Waals surface area (Å²) >= 11 is 0. The maximum atomic E-state index is 12.2. The van der Waals surface area contributed by atoms with E-state index in [0.29, 0.717) is 25.0 Å². The SMILES string of the molecule is CC(C)S(=O)(=O)N1CC[C@@H](NCc2cccnc2)[C@@H](C)C1. The van der Waals surface area contributed by atoms with Crippen molar-refractivity contribution < 1.29 is 8.42 Å². The first-order valence-corrected chi connectivity index (χ1v) is 9.03. The van der Waals surface area contributed by atoms with E-state index in [-0.39, 0.29) is 5.25 Å². The Kier molecular flexibility index (Phi) is 5.35. The molecule has 0 aromatic carbocycles. The van der Waals surface area contributed by atoms with Crippen LogP contribution in [0.25, 0.3) is 0 Å². The van der Waals surface area contributed by atoms with Crippen molar-refractivity contribution in [2.75, 3.05) is 13.1 Å². The summed E-state index contributed by atoms with van der Waals surface area (Å²) in [6.45, 7) is 7.59. The minimum atomic E-state index is -3.13. The highest BCUT2D eigenvalue weighted by Gasteiger charge is 2.33. The van der Waals surface area contributed by atoms with E-state index in [1.807, 2.05) is 18.3 Å². The second kappa shape index (κ2) is 6.85. The molecule has 1 fully saturated rings. The molecule has 1 aliphatic heterocycles. The van der Waals surface area contributed by atoms with Crippen LogP contribution in [0.3, 0.4) is 0 Å². The Morgan fingerprint density at radius 1 is 1.48 bits per heavy atom. The van der Waals surface area contributed by atoms with Gasteiger partial charge in [-0.3, -0.25) is 4.98 Å². The van der Waals surface area contributed by atoms with Gasteiger partial charge < -0.3 is 5.32 Å². The zero-order chi connectivity index (χ0) is 15.5. The average Bonchev–Trinajstić information content (AvgIpc) is 2.46. The molecule has 0 aliphatic carbocycles. The highest BCUT2D eigenvalue weighted by atomic mass is 32.2. The third kappa shape index (κ3) is 4.02. The van der Waals surface area contributed by atoms with E-state index in [1.54, 1.807) is 24.3 Å². The number of aromatic nitrogens is 1. The molecule has 1 aliphatic rings. The van der Waals surface area contributed by atoms with E-state index in [4.69, 9.17) is 0 Å². The van der Waals surface area contributed by atoms with Crippen molar-refractivity contribution in [1.29, 1.82) is 0 Å². The monoisotopic (exact) mass is 311 g/mol. The second-order valence-electron chi connectivity index (χ2n) is 6.07. The Labute approximate surface area is 127 Å². The molecule has 1 aromatic heterocycles. The third-order valence-electron chi connectivity index (χ3n) is 4.11. The molecule has 1 aromatic rings. The summed E-state index contributed by atoms with van der Waals surface area (Å²) in [5.41, 5.74) is 1.15. The van der Waals surface area contributed by atoms with Gasteiger partial charge in [-0.2, -0.15) is 0 Å². The molecule has 0 saturated carbocycles. The Morgan fingerprint density at radius 3 is 2.81 bits per heavy atom. The van der Waals surface area contributed by atoms with Gasteiger partial charge in [0.2, 0.25) is 10.0 Å². The molecule has 2 atom stereocenters. The van der Waals surface area contributed by atoms with Gasteiger partial charge in [-0.05, 0) is 37.8 Å². The minimum absolute atomic E-state index is 0.309. The Balaban J connectivity index is 1.90. The van der Waals surface area contributed by atoms with Gasteiger partial charge in [0.15, 0.2) is 0 Å². The molecular weight excluding hydrogens is 286 g/mol. The van der Waals surface area contributed by atoms with Crippen LogP contribution in [-0.2, 0) is 16.6 Å². The molecule has 6 heteroatoms. The summed E-state index contributed by atoms with van der Waals surface area (Å²) in [7, 11) is -3.13. The molecule has 118 valence electrons. The molecule has 1 saturated heterocycles. The predicted octanol–water partition coefficient (Wildman–Crippen LogP) is 1.62. The third-order valence-corrected chi connectivity index (χ3v) is 6.36. The van der Waals surface area contributed by atoms with Gasteiger partial charge in [0.25, 0.3) is 0 Å². The van der Waals surface area contributed by atoms with Crippen molar-refractivity contribution >= 4 is 10.0 Å². The number of hydrogen-bond donors (Lipinski definition) is 1. The Bertz CT molecular complexity index is 545. The zero-order valence-corrected chi connectivity index (χ0v) is 13.8. The van der Waals surface area contributed by atoms with Crippen LogP contribution in [0.15, 0.2) is 24.5 Å². The van der Waals surface area contributed by atoms with Gasteiger partial charge in [-0.1, -0.05) is 13.0 Å². The molecule has 1 N–H and O–H groups in total.